The van der Waals surface area contributed by atoms with Crippen LogP contribution in [0.3, 0.4) is 0 Å². The van der Waals surface area contributed by atoms with Gasteiger partial charge >= 0.3 is 0 Å². The normalized spacial score (nSPS) is 15.0. The number of ether oxygens (including phenoxy) is 1. The van der Waals surface area contributed by atoms with E-state index < -0.39 is 6.10 Å². The van der Waals surface area contributed by atoms with Gasteiger partial charge < -0.3 is 20.1 Å². The van der Waals surface area contributed by atoms with Gasteiger partial charge in [0.15, 0.2) is 0 Å². The quantitative estimate of drug-likeness (QED) is 0.522. The number of hydrogen-bond donors (Lipinski definition) is 2. The van der Waals surface area contributed by atoms with Crippen molar-refractivity contribution in [2.45, 2.75) is 51.7 Å². The van der Waals surface area contributed by atoms with E-state index in [9.17, 15) is 5.11 Å². The van der Waals surface area contributed by atoms with Crippen LogP contribution in [0.5, 0.6) is 0 Å². The lowest BCUT2D eigenvalue weighted by atomic mass is 10.2. The van der Waals surface area contributed by atoms with Crippen LogP contribution in [0.25, 0.3) is 0 Å². The average Bonchev–Trinajstić information content (AvgIpc) is 2.30. The molecule has 2 unspecified atom stereocenters. The number of aliphatic hydroxyl groups is 1. The molecular formula is C14H32N2O2. The highest BCUT2D eigenvalue weighted by Crippen LogP contribution is 1.99. The lowest BCUT2D eigenvalue weighted by molar-refractivity contribution is 0.0340. The Hall–Kier alpha value is -0.160. The largest absolute Gasteiger partial charge is 0.389 e. The van der Waals surface area contributed by atoms with Crippen LogP contribution in [0.4, 0.5) is 0 Å². The van der Waals surface area contributed by atoms with E-state index in [0.717, 1.165) is 19.6 Å². The molecule has 0 amide bonds. The van der Waals surface area contributed by atoms with Crippen molar-refractivity contribution in [1.29, 1.82) is 0 Å². The zero-order chi connectivity index (χ0) is 13.8. The zero-order valence-corrected chi connectivity index (χ0v) is 12.6. The Balaban J connectivity index is 3.34. The maximum absolute atomic E-state index is 9.73. The molecule has 0 aliphatic heterocycles. The molecular weight excluding hydrogens is 228 g/mol. The molecule has 2 N–H and O–H groups in total. The summed E-state index contributed by atoms with van der Waals surface area (Å²) < 4.78 is 5.45. The summed E-state index contributed by atoms with van der Waals surface area (Å²) in [6, 6.07) is 0.388. The number of unbranched alkanes of at least 4 members (excludes halogenated alkanes) is 3. The van der Waals surface area contributed by atoms with Gasteiger partial charge in [0.1, 0.15) is 0 Å². The lowest BCUT2D eigenvalue weighted by Crippen LogP contribution is -2.41. The molecule has 18 heavy (non-hydrogen) atoms. The molecule has 0 fully saturated rings. The van der Waals surface area contributed by atoms with Crippen LogP contribution in [0.15, 0.2) is 0 Å². The molecule has 2 atom stereocenters. The maximum Gasteiger partial charge on any atom is 0.0897 e. The van der Waals surface area contributed by atoms with Crippen molar-refractivity contribution >= 4 is 0 Å². The third-order valence-electron chi connectivity index (χ3n) is 2.79. The summed E-state index contributed by atoms with van der Waals surface area (Å²) in [7, 11) is 4.10. The highest BCUT2D eigenvalue weighted by molar-refractivity contribution is 4.66. The topological polar surface area (TPSA) is 44.7 Å². The molecule has 0 aliphatic carbocycles. The molecule has 4 heteroatoms. The van der Waals surface area contributed by atoms with E-state index in [4.69, 9.17) is 4.74 Å². The molecule has 0 spiro atoms. The third-order valence-corrected chi connectivity index (χ3v) is 2.79. The van der Waals surface area contributed by atoms with Gasteiger partial charge in [0, 0.05) is 25.7 Å². The summed E-state index contributed by atoms with van der Waals surface area (Å²) in [6.45, 7) is 7.11. The molecule has 0 radical (unpaired) electrons. The predicted molar refractivity (Wildman–Crippen MR) is 77.0 cm³/mol. The Labute approximate surface area is 113 Å². The number of rotatable bonds is 12. The zero-order valence-electron chi connectivity index (χ0n) is 12.6. The first-order chi connectivity index (χ1) is 8.56. The van der Waals surface area contributed by atoms with Gasteiger partial charge in [-0.1, -0.05) is 26.2 Å². The van der Waals surface area contributed by atoms with E-state index in [1.54, 1.807) is 0 Å². The van der Waals surface area contributed by atoms with Crippen molar-refractivity contribution < 1.29 is 9.84 Å². The van der Waals surface area contributed by atoms with Crippen LogP contribution < -0.4 is 5.32 Å². The lowest BCUT2D eigenvalue weighted by Gasteiger charge is -2.20. The summed E-state index contributed by atoms with van der Waals surface area (Å²) in [6.07, 6.45) is 4.45. The Kier molecular flexibility index (Phi) is 11.8. The fourth-order valence-corrected chi connectivity index (χ4v) is 1.86. The van der Waals surface area contributed by atoms with Crippen LogP contribution >= 0.6 is 0 Å². The monoisotopic (exact) mass is 260 g/mol. The molecule has 4 nitrogen and oxygen atoms in total. The van der Waals surface area contributed by atoms with Gasteiger partial charge in [-0.2, -0.15) is 0 Å². The minimum absolute atomic E-state index is 0.388. The van der Waals surface area contributed by atoms with Gasteiger partial charge in [-0.3, -0.25) is 0 Å². The summed E-state index contributed by atoms with van der Waals surface area (Å²) in [4.78, 5) is 2.13. The Morgan fingerprint density at radius 1 is 1.22 bits per heavy atom. The summed E-state index contributed by atoms with van der Waals surface area (Å²) in [5.74, 6) is 0. The number of nitrogens with zero attached hydrogens (tertiary/aromatic N) is 1. The van der Waals surface area contributed by atoms with E-state index in [2.05, 4.69) is 24.1 Å². The maximum atomic E-state index is 9.73. The molecule has 110 valence electrons. The molecule has 0 saturated heterocycles. The summed E-state index contributed by atoms with van der Waals surface area (Å²) >= 11 is 0. The third kappa shape index (κ3) is 12.3. The average molecular weight is 260 g/mol. The number of hydrogen-bond acceptors (Lipinski definition) is 4. The van der Waals surface area contributed by atoms with Crippen molar-refractivity contribution in [2.75, 3.05) is 40.4 Å². The molecule has 0 aromatic rings. The molecule has 0 heterocycles. The molecule has 0 aliphatic rings. The smallest absolute Gasteiger partial charge is 0.0897 e. The minimum atomic E-state index is -0.402. The van der Waals surface area contributed by atoms with Gasteiger partial charge in [-0.05, 0) is 27.4 Å². The second-order valence-electron chi connectivity index (χ2n) is 5.36. The second kappa shape index (κ2) is 11.9. The Morgan fingerprint density at radius 3 is 2.56 bits per heavy atom. The van der Waals surface area contributed by atoms with Gasteiger partial charge in [0.05, 0.1) is 12.7 Å². The highest BCUT2D eigenvalue weighted by atomic mass is 16.5. The summed E-state index contributed by atoms with van der Waals surface area (Å²) in [5, 5.41) is 13.0. The number of likely N-dealkylation sites (N-methyl/N-ethyl adjacent to an activating group) is 1. The first kappa shape index (κ1) is 17.8. The summed E-state index contributed by atoms with van der Waals surface area (Å²) in [5.41, 5.74) is 0. The van der Waals surface area contributed by atoms with Crippen molar-refractivity contribution in [3.8, 4) is 0 Å². The van der Waals surface area contributed by atoms with Crippen LogP contribution in [0.2, 0.25) is 0 Å². The van der Waals surface area contributed by atoms with Gasteiger partial charge in [-0.15, -0.1) is 0 Å². The first-order valence-electron chi connectivity index (χ1n) is 7.20. The van der Waals surface area contributed by atoms with Crippen LogP contribution in [0, 0.1) is 0 Å². The van der Waals surface area contributed by atoms with Gasteiger partial charge in [-0.25, -0.2) is 0 Å². The Bertz CT molecular complexity index is 177. The highest BCUT2D eigenvalue weighted by Gasteiger charge is 2.07. The van der Waals surface area contributed by atoms with Gasteiger partial charge in [0.25, 0.3) is 0 Å². The number of aliphatic hydroxyl groups excluding tert-OH is 1. The molecule has 0 rings (SSSR count). The van der Waals surface area contributed by atoms with Crippen molar-refractivity contribution in [3.63, 3.8) is 0 Å². The van der Waals surface area contributed by atoms with Crippen molar-refractivity contribution in [3.05, 3.63) is 0 Å². The molecule has 0 aromatic carbocycles. The van der Waals surface area contributed by atoms with E-state index in [1.165, 1.54) is 19.3 Å². The van der Waals surface area contributed by atoms with E-state index in [1.807, 2.05) is 14.1 Å². The van der Waals surface area contributed by atoms with Crippen molar-refractivity contribution in [2.24, 2.45) is 0 Å². The van der Waals surface area contributed by atoms with Crippen LogP contribution in [-0.2, 0) is 4.74 Å². The standard InChI is InChI=1S/C14H32N2O2/c1-5-6-7-8-9-18-12-14(17)10-15-13(2)11-16(3)4/h13-15,17H,5-12H2,1-4H3. The SMILES string of the molecule is CCCCCCOCC(O)CNC(C)CN(C)C. The predicted octanol–water partition coefficient (Wildman–Crippen LogP) is 1.48. The second-order valence-corrected chi connectivity index (χ2v) is 5.36. The van der Waals surface area contributed by atoms with Crippen LogP contribution in [-0.4, -0.2) is 62.6 Å². The van der Waals surface area contributed by atoms with Gasteiger partial charge in [0.2, 0.25) is 0 Å². The Morgan fingerprint density at radius 2 is 1.94 bits per heavy atom. The number of nitrogens with one attached hydrogen (secondary N) is 1. The molecule has 0 aromatic heterocycles. The molecule has 0 saturated carbocycles. The fourth-order valence-electron chi connectivity index (χ4n) is 1.86. The van der Waals surface area contributed by atoms with E-state index in [-0.39, 0.29) is 0 Å². The first-order valence-corrected chi connectivity index (χ1v) is 7.20. The molecule has 0 bridgehead atoms. The van der Waals surface area contributed by atoms with E-state index >= 15 is 0 Å². The minimum Gasteiger partial charge on any atom is -0.389 e. The van der Waals surface area contributed by atoms with E-state index in [0.29, 0.717) is 19.2 Å². The van der Waals surface area contributed by atoms with Crippen LogP contribution in [0.1, 0.15) is 39.5 Å². The fraction of sp³-hybridized carbons (Fsp3) is 1.00. The van der Waals surface area contributed by atoms with Crippen molar-refractivity contribution in [1.82, 2.24) is 10.2 Å².